The van der Waals surface area contributed by atoms with Gasteiger partial charge in [-0.05, 0) is 18.4 Å². The largest absolute Gasteiger partial charge is 0.370 e. The zero-order valence-corrected chi connectivity index (χ0v) is 13.1. The topological polar surface area (TPSA) is 61.4 Å². The first-order valence-corrected chi connectivity index (χ1v) is 7.99. The number of anilines is 1. The molecule has 3 heterocycles. The molecule has 1 fully saturated rings. The summed E-state index contributed by atoms with van der Waals surface area (Å²) >= 11 is 1.62. The van der Waals surface area contributed by atoms with Gasteiger partial charge in [0.25, 0.3) is 0 Å². The molecule has 0 spiro atoms. The molecule has 0 aliphatic carbocycles. The highest BCUT2D eigenvalue weighted by atomic mass is 32.1. The van der Waals surface area contributed by atoms with Crippen molar-refractivity contribution in [3.8, 4) is 0 Å². The molecular weight excluding hydrogens is 286 g/mol. The maximum absolute atomic E-state index is 11.8. The van der Waals surface area contributed by atoms with Gasteiger partial charge in [0, 0.05) is 26.7 Å². The van der Waals surface area contributed by atoms with E-state index in [4.69, 9.17) is 0 Å². The highest BCUT2D eigenvalue weighted by molar-refractivity contribution is 7.16. The monoisotopic (exact) mass is 305 g/mol. The van der Waals surface area contributed by atoms with Crippen LogP contribution in [-0.2, 0) is 11.3 Å². The highest BCUT2D eigenvalue weighted by Gasteiger charge is 2.22. The van der Waals surface area contributed by atoms with E-state index in [1.54, 1.807) is 16.2 Å². The first-order valence-electron chi connectivity index (χ1n) is 7.11. The van der Waals surface area contributed by atoms with E-state index in [2.05, 4.69) is 27.1 Å². The number of hydrogen-bond acceptors (Lipinski definition) is 6. The standard InChI is InChI=1S/C14H19N5OS/c1-3-15-13-10-4-7-21-14(10)17-11(16-13)8-19-6-5-18(2)12(20)9-19/h4,7H,3,5-6,8-9H2,1-2H3,(H,15,16,17). The number of thiophene rings is 1. The van der Waals surface area contributed by atoms with Gasteiger partial charge in [-0.3, -0.25) is 9.69 Å². The summed E-state index contributed by atoms with van der Waals surface area (Å²) in [4.78, 5) is 25.9. The number of fused-ring (bicyclic) bond motifs is 1. The smallest absolute Gasteiger partial charge is 0.236 e. The highest BCUT2D eigenvalue weighted by Crippen LogP contribution is 2.25. The van der Waals surface area contributed by atoms with E-state index in [-0.39, 0.29) is 5.91 Å². The van der Waals surface area contributed by atoms with Gasteiger partial charge in [-0.2, -0.15) is 0 Å². The average Bonchev–Trinajstić information content (AvgIpc) is 2.92. The van der Waals surface area contributed by atoms with E-state index in [1.807, 2.05) is 18.5 Å². The number of amides is 1. The number of piperazine rings is 1. The van der Waals surface area contributed by atoms with Crippen LogP contribution in [0.15, 0.2) is 11.4 Å². The van der Waals surface area contributed by atoms with Crippen molar-refractivity contribution in [1.29, 1.82) is 0 Å². The molecule has 6 nitrogen and oxygen atoms in total. The van der Waals surface area contributed by atoms with E-state index in [0.717, 1.165) is 41.5 Å². The summed E-state index contributed by atoms with van der Waals surface area (Å²) in [6.45, 7) is 5.57. The third kappa shape index (κ3) is 2.98. The molecular formula is C14H19N5OS. The number of nitrogens with zero attached hydrogens (tertiary/aromatic N) is 4. The van der Waals surface area contributed by atoms with Gasteiger partial charge in [0.15, 0.2) is 0 Å². The molecule has 0 bridgehead atoms. The summed E-state index contributed by atoms with van der Waals surface area (Å²) < 4.78 is 0. The Kier molecular flexibility index (Phi) is 4.03. The van der Waals surface area contributed by atoms with Gasteiger partial charge in [0.2, 0.25) is 5.91 Å². The van der Waals surface area contributed by atoms with E-state index >= 15 is 0 Å². The predicted octanol–water partition coefficient (Wildman–Crippen LogP) is 1.40. The van der Waals surface area contributed by atoms with Crippen molar-refractivity contribution in [2.24, 2.45) is 0 Å². The molecule has 112 valence electrons. The fourth-order valence-electron chi connectivity index (χ4n) is 2.41. The normalized spacial score (nSPS) is 16.7. The van der Waals surface area contributed by atoms with Crippen LogP contribution in [0.2, 0.25) is 0 Å². The number of hydrogen-bond donors (Lipinski definition) is 1. The number of aromatic nitrogens is 2. The van der Waals surface area contributed by atoms with Gasteiger partial charge in [0.05, 0.1) is 18.5 Å². The molecule has 7 heteroatoms. The second-order valence-electron chi connectivity index (χ2n) is 5.18. The SMILES string of the molecule is CCNc1nc(CN2CCN(C)C(=O)C2)nc2sccc12. The molecule has 0 aromatic carbocycles. The Morgan fingerprint density at radius 2 is 2.24 bits per heavy atom. The Morgan fingerprint density at radius 1 is 1.38 bits per heavy atom. The van der Waals surface area contributed by atoms with Gasteiger partial charge in [-0.1, -0.05) is 0 Å². The van der Waals surface area contributed by atoms with Gasteiger partial charge < -0.3 is 10.2 Å². The molecule has 1 amide bonds. The molecule has 0 atom stereocenters. The first-order chi connectivity index (χ1) is 10.2. The quantitative estimate of drug-likeness (QED) is 0.925. The zero-order valence-electron chi connectivity index (χ0n) is 12.3. The van der Waals surface area contributed by atoms with E-state index < -0.39 is 0 Å². The minimum atomic E-state index is 0.158. The van der Waals surface area contributed by atoms with E-state index in [1.165, 1.54) is 0 Å². The third-order valence-electron chi connectivity index (χ3n) is 3.62. The number of carbonyl (C=O) groups is 1. The van der Waals surface area contributed by atoms with Crippen LogP contribution < -0.4 is 5.32 Å². The van der Waals surface area contributed by atoms with Crippen LogP contribution in [0, 0.1) is 0 Å². The number of carbonyl (C=O) groups excluding carboxylic acids is 1. The van der Waals surface area contributed by atoms with E-state index in [0.29, 0.717) is 13.1 Å². The van der Waals surface area contributed by atoms with Crippen molar-refractivity contribution in [3.05, 3.63) is 17.3 Å². The van der Waals surface area contributed by atoms with Crippen molar-refractivity contribution in [2.75, 3.05) is 38.5 Å². The van der Waals surface area contributed by atoms with Crippen LogP contribution in [0.4, 0.5) is 5.82 Å². The Hall–Kier alpha value is -1.73. The zero-order chi connectivity index (χ0) is 14.8. The minimum Gasteiger partial charge on any atom is -0.370 e. The summed E-state index contributed by atoms with van der Waals surface area (Å²) in [5.41, 5.74) is 0. The molecule has 1 N–H and O–H groups in total. The van der Waals surface area contributed by atoms with Crippen LogP contribution in [0.1, 0.15) is 12.7 Å². The van der Waals surface area contributed by atoms with Crippen LogP contribution in [0.5, 0.6) is 0 Å². The fourth-order valence-corrected chi connectivity index (χ4v) is 3.20. The minimum absolute atomic E-state index is 0.158. The maximum atomic E-state index is 11.8. The summed E-state index contributed by atoms with van der Waals surface area (Å²) in [6.07, 6.45) is 0. The lowest BCUT2D eigenvalue weighted by atomic mass is 10.3. The number of nitrogens with one attached hydrogen (secondary N) is 1. The summed E-state index contributed by atoms with van der Waals surface area (Å²) in [7, 11) is 1.84. The predicted molar refractivity (Wildman–Crippen MR) is 84.5 cm³/mol. The van der Waals surface area contributed by atoms with Gasteiger partial charge in [-0.15, -0.1) is 11.3 Å². The van der Waals surface area contributed by atoms with Gasteiger partial charge in [0.1, 0.15) is 16.5 Å². The molecule has 0 unspecified atom stereocenters. The van der Waals surface area contributed by atoms with Crippen LogP contribution >= 0.6 is 11.3 Å². The Morgan fingerprint density at radius 3 is 3.00 bits per heavy atom. The second kappa shape index (κ2) is 5.95. The second-order valence-corrected chi connectivity index (χ2v) is 6.08. The molecule has 0 radical (unpaired) electrons. The van der Waals surface area contributed by atoms with Crippen molar-refractivity contribution < 1.29 is 4.79 Å². The Labute approximate surface area is 127 Å². The molecule has 2 aromatic rings. The summed E-state index contributed by atoms with van der Waals surface area (Å²) in [5, 5.41) is 6.39. The Balaban J connectivity index is 1.82. The van der Waals surface area contributed by atoms with E-state index in [9.17, 15) is 4.79 Å². The van der Waals surface area contributed by atoms with Crippen molar-refractivity contribution in [1.82, 2.24) is 19.8 Å². The molecule has 1 saturated heterocycles. The molecule has 21 heavy (non-hydrogen) atoms. The van der Waals surface area contributed by atoms with Crippen molar-refractivity contribution in [2.45, 2.75) is 13.5 Å². The van der Waals surface area contributed by atoms with Crippen molar-refractivity contribution >= 4 is 33.3 Å². The summed E-state index contributed by atoms with van der Waals surface area (Å²) in [5.74, 6) is 1.82. The lowest BCUT2D eigenvalue weighted by Crippen LogP contribution is -2.48. The molecule has 1 aliphatic heterocycles. The average molecular weight is 305 g/mol. The number of rotatable bonds is 4. The lowest BCUT2D eigenvalue weighted by Gasteiger charge is -2.31. The molecule has 3 rings (SSSR count). The Bertz CT molecular complexity index is 656. The lowest BCUT2D eigenvalue weighted by molar-refractivity contribution is -0.134. The molecule has 2 aromatic heterocycles. The summed E-state index contributed by atoms with van der Waals surface area (Å²) in [6, 6.07) is 2.04. The molecule has 0 saturated carbocycles. The first kappa shape index (κ1) is 14.2. The fraction of sp³-hybridized carbons (Fsp3) is 0.500. The van der Waals surface area contributed by atoms with Crippen LogP contribution in [-0.4, -0.2) is 58.9 Å². The number of likely N-dealkylation sites (N-methyl/N-ethyl adjacent to an activating group) is 1. The van der Waals surface area contributed by atoms with Gasteiger partial charge in [-0.25, -0.2) is 9.97 Å². The van der Waals surface area contributed by atoms with Crippen LogP contribution in [0.25, 0.3) is 10.2 Å². The third-order valence-corrected chi connectivity index (χ3v) is 4.42. The van der Waals surface area contributed by atoms with Crippen molar-refractivity contribution in [3.63, 3.8) is 0 Å². The maximum Gasteiger partial charge on any atom is 0.236 e. The van der Waals surface area contributed by atoms with Crippen LogP contribution in [0.3, 0.4) is 0 Å². The molecule has 1 aliphatic rings. The van der Waals surface area contributed by atoms with Gasteiger partial charge >= 0.3 is 0 Å².